The first-order chi connectivity index (χ1) is 16.5. The van der Waals surface area contributed by atoms with Crippen molar-refractivity contribution >= 4 is 35.0 Å². The normalized spacial score (nSPS) is 16.9. The van der Waals surface area contributed by atoms with E-state index in [0.29, 0.717) is 29.2 Å². The van der Waals surface area contributed by atoms with Crippen molar-refractivity contribution in [3.63, 3.8) is 0 Å². The maximum absolute atomic E-state index is 13.2. The minimum Gasteiger partial charge on any atom is -0.497 e. The number of fused-ring (bicyclic) bond motifs is 1. The molecule has 1 aromatic heterocycles. The highest BCUT2D eigenvalue weighted by atomic mass is 32.2. The van der Waals surface area contributed by atoms with Crippen LogP contribution in [0.4, 0.5) is 0 Å². The van der Waals surface area contributed by atoms with Gasteiger partial charge in [-0.1, -0.05) is 24.3 Å². The van der Waals surface area contributed by atoms with Crippen LogP contribution in [0.2, 0.25) is 0 Å². The number of nitrogens with zero attached hydrogens (tertiary/aromatic N) is 1. The third-order valence-electron chi connectivity index (χ3n) is 5.53. The maximum Gasteiger partial charge on any atom is 0.355 e. The van der Waals surface area contributed by atoms with E-state index in [1.165, 1.54) is 16.7 Å². The molecule has 178 valence electrons. The van der Waals surface area contributed by atoms with Crippen molar-refractivity contribution < 1.29 is 23.8 Å². The number of hydrogen-bond donors (Lipinski definition) is 2. The Hall–Kier alpha value is -3.43. The average molecular weight is 482 g/mol. The Morgan fingerprint density at radius 1 is 1.24 bits per heavy atom. The number of ether oxygens (including phenoxy) is 3. The Labute approximate surface area is 202 Å². The van der Waals surface area contributed by atoms with E-state index in [1.54, 1.807) is 25.4 Å². The van der Waals surface area contributed by atoms with Gasteiger partial charge < -0.3 is 24.9 Å². The van der Waals surface area contributed by atoms with Crippen molar-refractivity contribution in [2.75, 3.05) is 19.5 Å². The van der Waals surface area contributed by atoms with Crippen LogP contribution in [0.15, 0.2) is 66.0 Å². The second-order valence-corrected chi connectivity index (χ2v) is 9.04. The Morgan fingerprint density at radius 3 is 2.71 bits per heavy atom. The fraction of sp³-hybridized carbons (Fsp3) is 0.280. The molecule has 2 aromatic carbocycles. The number of carbonyl (C=O) groups excluding carboxylic acids is 2. The van der Waals surface area contributed by atoms with Gasteiger partial charge in [-0.2, -0.15) is 0 Å². The summed E-state index contributed by atoms with van der Waals surface area (Å²) in [6.45, 7) is 2.01. The number of aromatic amines is 1. The van der Waals surface area contributed by atoms with Gasteiger partial charge in [-0.05, 0) is 36.8 Å². The van der Waals surface area contributed by atoms with Crippen LogP contribution in [0.5, 0.6) is 11.5 Å². The van der Waals surface area contributed by atoms with Crippen LogP contribution in [0.1, 0.15) is 12.5 Å². The number of hydrogen-bond acceptors (Lipinski definition) is 7. The monoisotopic (exact) mass is 481 g/mol. The number of aromatic nitrogens is 1. The standard InChI is InChI=1S/C25H27N3O5S/c1-16(26)24-28(15-29)23(25(30)33-12-17-7-9-19(31-2)10-8-17)18(14-34-24)13-32-22-11-27-21-6-4-3-5-20(21)22/h3-11,15-16,24,27H,12-14,26H2,1-2H3. The lowest BCUT2D eigenvalue weighted by Gasteiger charge is -2.36. The molecular formula is C25H27N3O5S. The second kappa shape index (κ2) is 10.7. The molecule has 34 heavy (non-hydrogen) atoms. The van der Waals surface area contributed by atoms with Crippen LogP contribution < -0.4 is 15.2 Å². The predicted molar refractivity (Wildman–Crippen MR) is 131 cm³/mol. The summed E-state index contributed by atoms with van der Waals surface area (Å²) in [5.74, 6) is 1.29. The predicted octanol–water partition coefficient (Wildman–Crippen LogP) is 3.43. The summed E-state index contributed by atoms with van der Waals surface area (Å²) < 4.78 is 16.8. The fourth-order valence-corrected chi connectivity index (χ4v) is 5.00. The molecule has 9 heteroatoms. The maximum atomic E-state index is 13.2. The SMILES string of the molecule is COc1ccc(COC(=O)C2=C(COc3c[nH]c4ccccc34)CSC(C(C)N)N2C=O)cc1. The van der Waals surface area contributed by atoms with Crippen LogP contribution in [0.3, 0.4) is 0 Å². The highest BCUT2D eigenvalue weighted by Gasteiger charge is 2.36. The number of rotatable bonds is 9. The molecule has 2 atom stereocenters. The molecule has 3 aromatic rings. The van der Waals surface area contributed by atoms with E-state index in [0.717, 1.165) is 16.5 Å². The van der Waals surface area contributed by atoms with Gasteiger partial charge in [0.15, 0.2) is 0 Å². The zero-order valence-electron chi connectivity index (χ0n) is 19.0. The van der Waals surface area contributed by atoms with Crippen LogP contribution in [-0.2, 0) is 20.9 Å². The summed E-state index contributed by atoms with van der Waals surface area (Å²) in [5, 5.41) is 0.564. The Bertz CT molecular complexity index is 1190. The number of nitrogens with one attached hydrogen (secondary N) is 1. The smallest absolute Gasteiger partial charge is 0.355 e. The molecule has 0 saturated heterocycles. The van der Waals surface area contributed by atoms with Crippen LogP contribution in [-0.4, -0.2) is 53.1 Å². The third-order valence-corrected chi connectivity index (χ3v) is 7.05. The minimum atomic E-state index is -0.591. The van der Waals surface area contributed by atoms with Crippen LogP contribution in [0, 0.1) is 0 Å². The molecule has 2 heterocycles. The summed E-state index contributed by atoms with van der Waals surface area (Å²) in [6, 6.07) is 14.7. The molecule has 0 bridgehead atoms. The molecule has 0 aliphatic carbocycles. The Morgan fingerprint density at radius 2 is 2.00 bits per heavy atom. The van der Waals surface area contributed by atoms with Gasteiger partial charge in [-0.3, -0.25) is 9.69 Å². The van der Waals surface area contributed by atoms with Crippen molar-refractivity contribution in [1.82, 2.24) is 9.88 Å². The third kappa shape index (κ3) is 5.05. The van der Waals surface area contributed by atoms with Crippen molar-refractivity contribution in [1.29, 1.82) is 0 Å². The molecule has 8 nitrogen and oxygen atoms in total. The molecule has 0 spiro atoms. The molecule has 1 aliphatic rings. The summed E-state index contributed by atoms with van der Waals surface area (Å²) in [4.78, 5) is 29.8. The fourth-order valence-electron chi connectivity index (χ4n) is 3.79. The minimum absolute atomic E-state index is 0.0611. The number of H-pyrrole nitrogens is 1. The van der Waals surface area contributed by atoms with Gasteiger partial charge in [-0.15, -0.1) is 11.8 Å². The first-order valence-corrected chi connectivity index (χ1v) is 11.9. The number of thioether (sulfide) groups is 1. The molecule has 4 rings (SSSR count). The van der Waals surface area contributed by atoms with Crippen molar-refractivity contribution in [2.45, 2.75) is 24.9 Å². The number of carbonyl (C=O) groups is 2. The zero-order chi connectivity index (χ0) is 24.1. The Kier molecular flexibility index (Phi) is 7.44. The van der Waals surface area contributed by atoms with Gasteiger partial charge in [0.1, 0.15) is 30.4 Å². The highest BCUT2D eigenvalue weighted by Crippen LogP contribution is 2.33. The molecular weight excluding hydrogens is 454 g/mol. The number of benzene rings is 2. The van der Waals surface area contributed by atoms with Gasteiger partial charge >= 0.3 is 5.97 Å². The first-order valence-electron chi connectivity index (χ1n) is 10.8. The summed E-state index contributed by atoms with van der Waals surface area (Å²) >= 11 is 1.49. The van der Waals surface area contributed by atoms with Gasteiger partial charge in [0.25, 0.3) is 0 Å². The van der Waals surface area contributed by atoms with Crippen LogP contribution >= 0.6 is 11.8 Å². The highest BCUT2D eigenvalue weighted by molar-refractivity contribution is 8.00. The molecule has 1 amide bonds. The van der Waals surface area contributed by atoms with Crippen molar-refractivity contribution in [2.24, 2.45) is 5.73 Å². The quantitative estimate of drug-likeness (QED) is 0.356. The largest absolute Gasteiger partial charge is 0.497 e. The topological polar surface area (TPSA) is 107 Å². The lowest BCUT2D eigenvalue weighted by Crippen LogP contribution is -2.48. The Balaban J connectivity index is 1.57. The second-order valence-electron chi connectivity index (χ2n) is 7.94. The van der Waals surface area contributed by atoms with E-state index in [-0.39, 0.29) is 30.3 Å². The van der Waals surface area contributed by atoms with E-state index in [2.05, 4.69) is 4.98 Å². The summed E-state index contributed by atoms with van der Waals surface area (Å²) in [5.41, 5.74) is 8.71. The van der Waals surface area contributed by atoms with Crippen molar-refractivity contribution in [3.8, 4) is 11.5 Å². The molecule has 0 radical (unpaired) electrons. The number of esters is 1. The van der Waals surface area contributed by atoms with Gasteiger partial charge in [0, 0.05) is 34.5 Å². The van der Waals surface area contributed by atoms with Gasteiger partial charge in [0.05, 0.1) is 12.5 Å². The summed E-state index contributed by atoms with van der Waals surface area (Å²) in [6.07, 6.45) is 2.42. The van der Waals surface area contributed by atoms with E-state index >= 15 is 0 Å². The van der Waals surface area contributed by atoms with E-state index < -0.39 is 5.97 Å². The van der Waals surface area contributed by atoms with E-state index in [1.807, 2.05) is 43.3 Å². The number of nitrogens with two attached hydrogens (primary N) is 1. The lowest BCUT2D eigenvalue weighted by molar-refractivity contribution is -0.144. The van der Waals surface area contributed by atoms with Crippen molar-refractivity contribution in [3.05, 3.63) is 71.6 Å². The molecule has 1 aliphatic heterocycles. The molecule has 0 fully saturated rings. The molecule has 3 N–H and O–H groups in total. The molecule has 0 saturated carbocycles. The molecule has 2 unspecified atom stereocenters. The number of methoxy groups -OCH3 is 1. The van der Waals surface area contributed by atoms with E-state index in [9.17, 15) is 9.59 Å². The number of para-hydroxylation sites is 1. The average Bonchev–Trinajstić information content (AvgIpc) is 3.28. The van der Waals surface area contributed by atoms with Gasteiger partial charge in [-0.25, -0.2) is 4.79 Å². The van der Waals surface area contributed by atoms with E-state index in [4.69, 9.17) is 19.9 Å². The summed E-state index contributed by atoms with van der Waals surface area (Å²) in [7, 11) is 1.59. The lowest BCUT2D eigenvalue weighted by atomic mass is 10.2. The number of amides is 1. The first kappa shape index (κ1) is 23.7. The zero-order valence-corrected chi connectivity index (χ0v) is 19.8. The van der Waals surface area contributed by atoms with Crippen LogP contribution in [0.25, 0.3) is 10.9 Å². The van der Waals surface area contributed by atoms with Gasteiger partial charge in [0.2, 0.25) is 6.41 Å².